The van der Waals surface area contributed by atoms with Gasteiger partial charge in [-0.3, -0.25) is 0 Å². The predicted molar refractivity (Wildman–Crippen MR) is 77.8 cm³/mol. The molecule has 23 heavy (non-hydrogen) atoms. The minimum Gasteiger partial charge on any atom is -0.392 e. The van der Waals surface area contributed by atoms with Gasteiger partial charge in [0.05, 0.1) is 17.1 Å². The van der Waals surface area contributed by atoms with Crippen LogP contribution in [0.2, 0.25) is 0 Å². The number of hydrogen-bond acceptors (Lipinski definition) is 3. The molecule has 0 unspecified atom stereocenters. The maximum absolute atomic E-state index is 12.6. The van der Waals surface area contributed by atoms with E-state index in [-0.39, 0.29) is 22.6 Å². The van der Waals surface area contributed by atoms with E-state index in [0.717, 1.165) is 12.1 Å². The minimum atomic E-state index is -4.49. The van der Waals surface area contributed by atoms with Gasteiger partial charge >= 0.3 is 6.18 Å². The third kappa shape index (κ3) is 4.31. The van der Waals surface area contributed by atoms with Crippen LogP contribution < -0.4 is 4.72 Å². The molecule has 0 fully saturated rings. The Labute approximate surface area is 131 Å². The summed E-state index contributed by atoms with van der Waals surface area (Å²) in [6.07, 6.45) is -4.49. The lowest BCUT2D eigenvalue weighted by Crippen LogP contribution is -2.24. The molecule has 4 nitrogen and oxygen atoms in total. The van der Waals surface area contributed by atoms with Crippen molar-refractivity contribution in [3.05, 3.63) is 65.2 Å². The molecule has 0 spiro atoms. The Balaban J connectivity index is 2.20. The third-order valence-corrected chi connectivity index (χ3v) is 4.65. The molecule has 8 heteroatoms. The summed E-state index contributed by atoms with van der Waals surface area (Å²) in [7, 11) is -3.94. The topological polar surface area (TPSA) is 66.4 Å². The lowest BCUT2D eigenvalue weighted by atomic mass is 10.1. The summed E-state index contributed by atoms with van der Waals surface area (Å²) >= 11 is 0. The Kier molecular flexibility index (Phi) is 5.08. The van der Waals surface area contributed by atoms with Gasteiger partial charge < -0.3 is 5.11 Å². The number of nitrogens with one attached hydrogen (secondary N) is 1. The Morgan fingerprint density at radius 3 is 2.39 bits per heavy atom. The lowest BCUT2D eigenvalue weighted by molar-refractivity contribution is -0.137. The molecule has 0 amide bonds. The predicted octanol–water partition coefficient (Wildman–Crippen LogP) is 2.68. The van der Waals surface area contributed by atoms with Crippen LogP contribution in [0.4, 0.5) is 13.2 Å². The molecule has 0 aliphatic heterocycles. The molecule has 124 valence electrons. The van der Waals surface area contributed by atoms with Crippen molar-refractivity contribution in [2.45, 2.75) is 24.2 Å². The van der Waals surface area contributed by atoms with Gasteiger partial charge in [0, 0.05) is 6.54 Å². The highest BCUT2D eigenvalue weighted by Gasteiger charge is 2.30. The highest BCUT2D eigenvalue weighted by molar-refractivity contribution is 7.89. The zero-order valence-electron chi connectivity index (χ0n) is 11.8. The van der Waals surface area contributed by atoms with E-state index in [1.54, 1.807) is 6.07 Å². The molecule has 0 aromatic heterocycles. The molecular weight excluding hydrogens is 331 g/mol. The monoisotopic (exact) mass is 345 g/mol. The van der Waals surface area contributed by atoms with Gasteiger partial charge in [0.25, 0.3) is 0 Å². The number of halogens is 3. The number of aliphatic hydroxyl groups is 1. The van der Waals surface area contributed by atoms with E-state index in [1.807, 2.05) is 0 Å². The van der Waals surface area contributed by atoms with Crippen molar-refractivity contribution < 1.29 is 26.7 Å². The van der Waals surface area contributed by atoms with Gasteiger partial charge in [-0.1, -0.05) is 36.4 Å². The van der Waals surface area contributed by atoms with Gasteiger partial charge in [0.2, 0.25) is 10.0 Å². The molecule has 0 atom stereocenters. The Hall–Kier alpha value is -1.90. The number of benzene rings is 2. The van der Waals surface area contributed by atoms with Crippen LogP contribution in [0.5, 0.6) is 0 Å². The van der Waals surface area contributed by atoms with Gasteiger partial charge in [-0.2, -0.15) is 13.2 Å². The van der Waals surface area contributed by atoms with Crippen molar-refractivity contribution >= 4 is 10.0 Å². The molecule has 2 aromatic rings. The zero-order valence-corrected chi connectivity index (χ0v) is 12.7. The van der Waals surface area contributed by atoms with E-state index >= 15 is 0 Å². The quantitative estimate of drug-likeness (QED) is 0.876. The maximum atomic E-state index is 12.6. The van der Waals surface area contributed by atoms with E-state index in [1.165, 1.54) is 30.3 Å². The SMILES string of the molecule is O=S(=O)(NCc1cccc(C(F)(F)F)c1)c1ccccc1CO. The first-order chi connectivity index (χ1) is 10.7. The molecule has 0 saturated heterocycles. The van der Waals surface area contributed by atoms with E-state index < -0.39 is 28.4 Å². The van der Waals surface area contributed by atoms with Crippen LogP contribution in [0.1, 0.15) is 16.7 Å². The molecule has 0 aliphatic carbocycles. The van der Waals surface area contributed by atoms with E-state index in [4.69, 9.17) is 0 Å². The fraction of sp³-hybridized carbons (Fsp3) is 0.200. The Morgan fingerprint density at radius 2 is 1.74 bits per heavy atom. The Bertz CT molecular complexity index is 789. The molecule has 0 bridgehead atoms. The molecule has 0 aliphatic rings. The molecule has 0 radical (unpaired) electrons. The average molecular weight is 345 g/mol. The van der Waals surface area contributed by atoms with Gasteiger partial charge in [-0.05, 0) is 23.3 Å². The van der Waals surface area contributed by atoms with Crippen molar-refractivity contribution in [2.24, 2.45) is 0 Å². The summed E-state index contributed by atoms with van der Waals surface area (Å²) in [5.41, 5.74) is -0.445. The highest BCUT2D eigenvalue weighted by Crippen LogP contribution is 2.29. The summed E-state index contributed by atoms with van der Waals surface area (Å²) in [5, 5.41) is 9.18. The van der Waals surface area contributed by atoms with Crippen LogP contribution in [0.3, 0.4) is 0 Å². The first-order valence-electron chi connectivity index (χ1n) is 6.58. The standard InChI is InChI=1S/C15H14F3NO3S/c16-15(17,18)13-6-3-4-11(8-13)9-19-23(21,22)14-7-2-1-5-12(14)10-20/h1-8,19-20H,9-10H2. The van der Waals surface area contributed by atoms with Crippen LogP contribution >= 0.6 is 0 Å². The number of alkyl halides is 3. The molecule has 2 N–H and O–H groups in total. The second-order valence-electron chi connectivity index (χ2n) is 4.79. The van der Waals surface area contributed by atoms with Crippen LogP contribution in [0.15, 0.2) is 53.4 Å². The van der Waals surface area contributed by atoms with E-state index in [2.05, 4.69) is 4.72 Å². The minimum absolute atomic E-state index is 0.102. The van der Waals surface area contributed by atoms with Crippen LogP contribution in [-0.2, 0) is 29.4 Å². The Morgan fingerprint density at radius 1 is 1.04 bits per heavy atom. The summed E-state index contributed by atoms with van der Waals surface area (Å²) in [4.78, 5) is -0.102. The van der Waals surface area contributed by atoms with Crippen molar-refractivity contribution in [3.8, 4) is 0 Å². The number of rotatable bonds is 5. The summed E-state index contributed by atoms with van der Waals surface area (Å²) in [5.74, 6) is 0. The van der Waals surface area contributed by atoms with Crippen molar-refractivity contribution in [2.75, 3.05) is 0 Å². The maximum Gasteiger partial charge on any atom is 0.416 e. The first-order valence-corrected chi connectivity index (χ1v) is 8.07. The van der Waals surface area contributed by atoms with Crippen molar-refractivity contribution in [1.82, 2.24) is 4.72 Å². The van der Waals surface area contributed by atoms with Gasteiger partial charge in [-0.25, -0.2) is 13.1 Å². The number of hydrogen-bond donors (Lipinski definition) is 2. The molecule has 2 rings (SSSR count). The third-order valence-electron chi connectivity index (χ3n) is 3.15. The first kappa shape index (κ1) is 17.5. The fourth-order valence-corrected chi connectivity index (χ4v) is 3.26. The smallest absolute Gasteiger partial charge is 0.392 e. The van der Waals surface area contributed by atoms with Gasteiger partial charge in [-0.15, -0.1) is 0 Å². The summed E-state index contributed by atoms with van der Waals surface area (Å²) in [6.45, 7) is -0.743. The van der Waals surface area contributed by atoms with E-state index in [0.29, 0.717) is 0 Å². The van der Waals surface area contributed by atoms with Crippen molar-refractivity contribution in [3.63, 3.8) is 0 Å². The summed E-state index contributed by atoms with van der Waals surface area (Å²) in [6, 6.07) is 10.3. The molecule has 0 saturated carbocycles. The zero-order chi connectivity index (χ0) is 17.1. The second-order valence-corrected chi connectivity index (χ2v) is 6.52. The lowest BCUT2D eigenvalue weighted by Gasteiger charge is -2.11. The fourth-order valence-electron chi connectivity index (χ4n) is 2.01. The van der Waals surface area contributed by atoms with E-state index in [9.17, 15) is 26.7 Å². The van der Waals surface area contributed by atoms with Gasteiger partial charge in [0.1, 0.15) is 0 Å². The highest BCUT2D eigenvalue weighted by atomic mass is 32.2. The molecular formula is C15H14F3NO3S. The van der Waals surface area contributed by atoms with Gasteiger partial charge in [0.15, 0.2) is 0 Å². The van der Waals surface area contributed by atoms with Crippen LogP contribution in [0.25, 0.3) is 0 Å². The van der Waals surface area contributed by atoms with Crippen LogP contribution in [-0.4, -0.2) is 13.5 Å². The number of sulfonamides is 1. The molecule has 2 aromatic carbocycles. The van der Waals surface area contributed by atoms with Crippen molar-refractivity contribution in [1.29, 1.82) is 0 Å². The second kappa shape index (κ2) is 6.69. The largest absolute Gasteiger partial charge is 0.416 e. The normalized spacial score (nSPS) is 12.3. The summed E-state index contributed by atoms with van der Waals surface area (Å²) < 4.78 is 64.6. The number of aliphatic hydroxyl groups excluding tert-OH is 1. The van der Waals surface area contributed by atoms with Crippen LogP contribution in [0, 0.1) is 0 Å². The average Bonchev–Trinajstić information content (AvgIpc) is 2.52. The molecule has 0 heterocycles.